The van der Waals surface area contributed by atoms with Crippen molar-refractivity contribution < 1.29 is 9.21 Å². The lowest BCUT2D eigenvalue weighted by molar-refractivity contribution is 0.0996. The Morgan fingerprint density at radius 2 is 2.33 bits per heavy atom. The number of hydrogen-bond acceptors (Lipinski definition) is 4. The summed E-state index contributed by atoms with van der Waals surface area (Å²) in [6, 6.07) is 1.81. The van der Waals surface area contributed by atoms with Gasteiger partial charge in [0.15, 0.2) is 5.78 Å². The highest BCUT2D eigenvalue weighted by molar-refractivity contribution is 7.13. The van der Waals surface area contributed by atoms with E-state index < -0.39 is 0 Å². The highest BCUT2D eigenvalue weighted by Crippen LogP contribution is 2.19. The summed E-state index contributed by atoms with van der Waals surface area (Å²) in [5, 5.41) is 0.933. The summed E-state index contributed by atoms with van der Waals surface area (Å²) in [5.74, 6) is 0.111. The molecule has 2 rings (SSSR count). The first-order chi connectivity index (χ1) is 7.16. The van der Waals surface area contributed by atoms with Crippen LogP contribution in [0.25, 0.3) is 0 Å². The summed E-state index contributed by atoms with van der Waals surface area (Å²) in [6.07, 6.45) is 3.56. The van der Waals surface area contributed by atoms with E-state index in [0.29, 0.717) is 6.42 Å². The number of thiazole rings is 1. The number of carbonyl (C=O) groups is 1. The van der Waals surface area contributed by atoms with Crippen LogP contribution in [0.5, 0.6) is 0 Å². The van der Waals surface area contributed by atoms with Crippen LogP contribution in [0, 0.1) is 13.8 Å². The molecule has 2 aromatic heterocycles. The van der Waals surface area contributed by atoms with Gasteiger partial charge < -0.3 is 4.42 Å². The van der Waals surface area contributed by atoms with E-state index in [1.54, 1.807) is 18.6 Å². The molecule has 15 heavy (non-hydrogen) atoms. The van der Waals surface area contributed by atoms with Gasteiger partial charge in [0.25, 0.3) is 0 Å². The minimum atomic E-state index is 0.111. The molecule has 0 aliphatic carbocycles. The Labute approximate surface area is 91.8 Å². The third-order valence-electron chi connectivity index (χ3n) is 2.10. The van der Waals surface area contributed by atoms with Crippen molar-refractivity contribution in [3.63, 3.8) is 0 Å². The molecule has 2 aromatic rings. The molecule has 0 aromatic carbocycles. The van der Waals surface area contributed by atoms with Crippen LogP contribution in [-0.2, 0) is 6.42 Å². The van der Waals surface area contributed by atoms with E-state index >= 15 is 0 Å². The first-order valence-electron chi connectivity index (χ1n) is 4.65. The van der Waals surface area contributed by atoms with E-state index in [1.807, 2.05) is 13.8 Å². The second-order valence-electron chi connectivity index (χ2n) is 3.38. The molecule has 0 bridgehead atoms. The molecule has 0 radical (unpaired) electrons. The van der Waals surface area contributed by atoms with Crippen molar-refractivity contribution in [2.45, 2.75) is 20.3 Å². The average molecular weight is 221 g/mol. The lowest BCUT2D eigenvalue weighted by Gasteiger charge is -1.95. The summed E-state index contributed by atoms with van der Waals surface area (Å²) in [6.45, 7) is 3.78. The van der Waals surface area contributed by atoms with Crippen LogP contribution in [0.3, 0.4) is 0 Å². The van der Waals surface area contributed by atoms with Crippen molar-refractivity contribution in [3.05, 3.63) is 39.7 Å². The lowest BCUT2D eigenvalue weighted by Crippen LogP contribution is -2.02. The fourth-order valence-electron chi connectivity index (χ4n) is 1.45. The number of aryl methyl sites for hydroxylation is 2. The van der Waals surface area contributed by atoms with Gasteiger partial charge in [-0.05, 0) is 25.5 Å². The number of hydrogen-bond donors (Lipinski definition) is 0. The molecule has 3 nitrogen and oxygen atoms in total. The minimum Gasteiger partial charge on any atom is -0.472 e. The van der Waals surface area contributed by atoms with Crippen LogP contribution in [0.4, 0.5) is 0 Å². The Morgan fingerprint density at radius 3 is 2.87 bits per heavy atom. The number of aromatic nitrogens is 1. The van der Waals surface area contributed by atoms with Gasteiger partial charge in [-0.15, -0.1) is 11.3 Å². The average Bonchev–Trinajstić information content (AvgIpc) is 2.75. The highest BCUT2D eigenvalue weighted by atomic mass is 32.1. The second kappa shape index (κ2) is 3.98. The Hall–Kier alpha value is -1.42. The van der Waals surface area contributed by atoms with Crippen molar-refractivity contribution in [2.75, 3.05) is 0 Å². The fraction of sp³-hybridized carbons (Fsp3) is 0.273. The van der Waals surface area contributed by atoms with Gasteiger partial charge in [0.05, 0.1) is 28.1 Å². The normalized spacial score (nSPS) is 10.5. The maximum atomic E-state index is 11.9. The molecule has 0 atom stereocenters. The maximum absolute atomic E-state index is 11.9. The molecule has 0 saturated heterocycles. The van der Waals surface area contributed by atoms with Crippen molar-refractivity contribution >= 4 is 17.1 Å². The molecule has 0 aliphatic heterocycles. The Balaban J connectivity index is 2.18. The number of carbonyl (C=O) groups excluding carboxylic acids is 1. The van der Waals surface area contributed by atoms with Gasteiger partial charge in [-0.2, -0.15) is 0 Å². The van der Waals surface area contributed by atoms with Crippen LogP contribution < -0.4 is 0 Å². The van der Waals surface area contributed by atoms with Crippen LogP contribution in [0.1, 0.15) is 25.9 Å². The highest BCUT2D eigenvalue weighted by Gasteiger charge is 2.14. The Kier molecular flexibility index (Phi) is 2.68. The zero-order valence-corrected chi connectivity index (χ0v) is 9.43. The molecule has 4 heteroatoms. The van der Waals surface area contributed by atoms with Crippen LogP contribution in [-0.4, -0.2) is 10.8 Å². The lowest BCUT2D eigenvalue weighted by atomic mass is 10.1. The summed E-state index contributed by atoms with van der Waals surface area (Å²) in [7, 11) is 0. The molecule has 78 valence electrons. The third-order valence-corrected chi connectivity index (χ3v) is 3.22. The van der Waals surface area contributed by atoms with Gasteiger partial charge >= 0.3 is 0 Å². The maximum Gasteiger partial charge on any atom is 0.179 e. The van der Waals surface area contributed by atoms with E-state index in [4.69, 9.17) is 4.42 Å². The Bertz CT molecular complexity index is 471. The molecule has 0 spiro atoms. The van der Waals surface area contributed by atoms with E-state index in [1.165, 1.54) is 11.3 Å². The fourth-order valence-corrected chi connectivity index (χ4v) is 2.31. The number of rotatable bonds is 3. The molecule has 0 N–H and O–H groups in total. The zero-order valence-electron chi connectivity index (χ0n) is 8.61. The summed E-state index contributed by atoms with van der Waals surface area (Å²) >= 11 is 1.45. The molecule has 0 amide bonds. The summed E-state index contributed by atoms with van der Waals surface area (Å²) in [5.41, 5.74) is 1.73. The summed E-state index contributed by atoms with van der Waals surface area (Å²) < 4.78 is 4.92. The van der Waals surface area contributed by atoms with E-state index in [2.05, 4.69) is 4.98 Å². The first kappa shape index (κ1) is 10.1. The topological polar surface area (TPSA) is 43.1 Å². The minimum absolute atomic E-state index is 0.111. The first-order valence-corrected chi connectivity index (χ1v) is 5.47. The molecule has 0 unspecified atom stereocenters. The molecule has 0 fully saturated rings. The smallest absolute Gasteiger partial charge is 0.179 e. The molecule has 0 saturated carbocycles. The quantitative estimate of drug-likeness (QED) is 0.748. The monoisotopic (exact) mass is 221 g/mol. The van der Waals surface area contributed by atoms with E-state index in [0.717, 1.165) is 21.1 Å². The number of ketones is 1. The van der Waals surface area contributed by atoms with Crippen molar-refractivity contribution in [3.8, 4) is 0 Å². The van der Waals surface area contributed by atoms with Crippen molar-refractivity contribution in [1.29, 1.82) is 0 Å². The number of nitrogens with zero attached hydrogens (tertiary/aromatic N) is 1. The van der Waals surface area contributed by atoms with Gasteiger partial charge in [-0.1, -0.05) is 0 Å². The Morgan fingerprint density at radius 1 is 1.53 bits per heavy atom. The standard InChI is InChI=1S/C11H11NO2S/c1-7-11(15-8(2)12-7)10(13)5-9-3-4-14-6-9/h3-4,6H,5H2,1-2H3. The van der Waals surface area contributed by atoms with Crippen LogP contribution >= 0.6 is 11.3 Å². The van der Waals surface area contributed by atoms with E-state index in [-0.39, 0.29) is 5.78 Å². The van der Waals surface area contributed by atoms with Gasteiger partial charge in [0.2, 0.25) is 0 Å². The van der Waals surface area contributed by atoms with Gasteiger partial charge in [0, 0.05) is 6.42 Å². The second-order valence-corrected chi connectivity index (χ2v) is 4.58. The predicted octanol–water partition coefficient (Wildman–Crippen LogP) is 2.78. The number of furan rings is 1. The predicted molar refractivity (Wildman–Crippen MR) is 58.3 cm³/mol. The van der Waals surface area contributed by atoms with Crippen molar-refractivity contribution in [2.24, 2.45) is 0 Å². The van der Waals surface area contributed by atoms with Crippen molar-refractivity contribution in [1.82, 2.24) is 4.98 Å². The summed E-state index contributed by atoms with van der Waals surface area (Å²) in [4.78, 5) is 16.9. The third kappa shape index (κ3) is 2.15. The van der Waals surface area contributed by atoms with Gasteiger partial charge in [-0.25, -0.2) is 4.98 Å². The molecular formula is C11H11NO2S. The van der Waals surface area contributed by atoms with E-state index in [9.17, 15) is 4.79 Å². The largest absolute Gasteiger partial charge is 0.472 e. The van der Waals surface area contributed by atoms with Crippen LogP contribution in [0.2, 0.25) is 0 Å². The zero-order chi connectivity index (χ0) is 10.8. The van der Waals surface area contributed by atoms with Gasteiger partial charge in [0.1, 0.15) is 0 Å². The number of Topliss-reactive ketones (excluding diaryl/α,β-unsaturated/α-hetero) is 1. The van der Waals surface area contributed by atoms with Gasteiger partial charge in [-0.3, -0.25) is 4.79 Å². The van der Waals surface area contributed by atoms with Crippen LogP contribution in [0.15, 0.2) is 23.0 Å². The molecule has 0 aliphatic rings. The SMILES string of the molecule is Cc1nc(C)c(C(=O)Cc2ccoc2)s1. The molecular weight excluding hydrogens is 210 g/mol. The molecule has 2 heterocycles.